The van der Waals surface area contributed by atoms with Gasteiger partial charge in [-0.25, -0.2) is 9.48 Å². The number of aromatic nitrogens is 4. The van der Waals surface area contributed by atoms with E-state index in [4.69, 9.17) is 0 Å². The molecule has 1 aliphatic heterocycles. The molecule has 2 aromatic heterocycles. The number of carbonyl (C=O) groups excluding carboxylic acids is 1. The number of nitrogens with zero attached hydrogens (tertiary/aromatic N) is 2. The van der Waals surface area contributed by atoms with Crippen LogP contribution in [0.25, 0.3) is 5.69 Å². The summed E-state index contributed by atoms with van der Waals surface area (Å²) in [5.41, 5.74) is -8.40. The minimum absolute atomic E-state index is 0.128. The second kappa shape index (κ2) is 8.50. The van der Waals surface area contributed by atoms with Crippen molar-refractivity contribution in [1.29, 1.82) is 0 Å². The highest BCUT2D eigenvalue weighted by atomic mass is 19.4. The van der Waals surface area contributed by atoms with E-state index in [-0.39, 0.29) is 24.3 Å². The average molecular weight is 511 g/mol. The smallest absolute Gasteiger partial charge is 0.310 e. The van der Waals surface area contributed by atoms with Gasteiger partial charge in [0.2, 0.25) is 5.41 Å². The van der Waals surface area contributed by atoms with Crippen LogP contribution >= 0.6 is 0 Å². The first-order valence-electron chi connectivity index (χ1n) is 11.2. The molecule has 9 nitrogen and oxygen atoms in total. The molecule has 2 aromatic carbocycles. The third kappa shape index (κ3) is 3.55. The fourth-order valence-corrected chi connectivity index (χ4v) is 4.86. The molecule has 0 saturated carbocycles. The van der Waals surface area contributed by atoms with Crippen molar-refractivity contribution in [3.8, 4) is 5.69 Å². The fraction of sp³-hybridized carbons (Fsp3) is 0.200. The Morgan fingerprint density at radius 1 is 0.892 bits per heavy atom. The van der Waals surface area contributed by atoms with Crippen molar-refractivity contribution >= 4 is 11.7 Å². The molecule has 3 heterocycles. The summed E-state index contributed by atoms with van der Waals surface area (Å²) in [7, 11) is 0. The Kier molecular flexibility index (Phi) is 5.54. The zero-order chi connectivity index (χ0) is 26.5. The van der Waals surface area contributed by atoms with E-state index in [1.165, 1.54) is 19.1 Å². The van der Waals surface area contributed by atoms with Crippen LogP contribution in [0.15, 0.2) is 75.0 Å². The van der Waals surface area contributed by atoms with Crippen molar-refractivity contribution in [2.75, 3.05) is 5.32 Å². The van der Waals surface area contributed by atoms with Crippen LogP contribution in [0.5, 0.6) is 0 Å². The lowest BCUT2D eigenvalue weighted by molar-refractivity contribution is -0.181. The molecule has 0 saturated heterocycles. The fourth-order valence-electron chi connectivity index (χ4n) is 4.86. The molecule has 1 aliphatic rings. The number of rotatable bonds is 5. The molecule has 1 unspecified atom stereocenters. The van der Waals surface area contributed by atoms with E-state index in [1.807, 2.05) is 4.98 Å². The summed E-state index contributed by atoms with van der Waals surface area (Å²) < 4.78 is 46.8. The van der Waals surface area contributed by atoms with Crippen LogP contribution in [0.2, 0.25) is 0 Å². The van der Waals surface area contributed by atoms with Crippen LogP contribution in [0.4, 0.5) is 19.0 Å². The number of amides is 1. The molecule has 5 rings (SSSR count). The molecule has 1 atom stereocenters. The van der Waals surface area contributed by atoms with Crippen molar-refractivity contribution in [2.45, 2.75) is 31.5 Å². The van der Waals surface area contributed by atoms with Crippen LogP contribution in [0.3, 0.4) is 0 Å². The first kappa shape index (κ1) is 24.1. The van der Waals surface area contributed by atoms with Gasteiger partial charge in [0.15, 0.2) is 0 Å². The van der Waals surface area contributed by atoms with E-state index >= 15 is 13.2 Å². The van der Waals surface area contributed by atoms with Crippen molar-refractivity contribution in [3.05, 3.63) is 114 Å². The number of carbonyl (C=O) groups is 1. The van der Waals surface area contributed by atoms with E-state index < -0.39 is 51.3 Å². The van der Waals surface area contributed by atoms with Crippen molar-refractivity contribution in [2.24, 2.45) is 0 Å². The first-order valence-corrected chi connectivity index (χ1v) is 11.2. The maximum atomic E-state index is 15.0. The third-order valence-corrected chi connectivity index (χ3v) is 6.50. The summed E-state index contributed by atoms with van der Waals surface area (Å²) >= 11 is 0. The predicted octanol–water partition coefficient (Wildman–Crippen LogP) is 2.37. The Morgan fingerprint density at radius 2 is 1.51 bits per heavy atom. The van der Waals surface area contributed by atoms with Crippen LogP contribution < -0.4 is 22.1 Å². The number of benzene rings is 2. The van der Waals surface area contributed by atoms with E-state index in [1.54, 1.807) is 48.5 Å². The number of halogens is 3. The van der Waals surface area contributed by atoms with Gasteiger partial charge < -0.3 is 5.32 Å². The van der Waals surface area contributed by atoms with Gasteiger partial charge in [-0.1, -0.05) is 48.5 Å². The highest BCUT2D eigenvalue weighted by molar-refractivity contribution is 6.08. The zero-order valence-electron chi connectivity index (χ0n) is 19.3. The molecule has 0 fully saturated rings. The Bertz CT molecular complexity index is 1680. The Labute approximate surface area is 206 Å². The van der Waals surface area contributed by atoms with Crippen molar-refractivity contribution < 1.29 is 18.0 Å². The van der Waals surface area contributed by atoms with Gasteiger partial charge in [-0.05, 0) is 31.0 Å². The van der Waals surface area contributed by atoms with Gasteiger partial charge in [0.1, 0.15) is 5.82 Å². The number of fused-ring (bicyclic) bond motifs is 1. The number of aryl methyl sites for hydroxylation is 2. The molecule has 190 valence electrons. The number of hydrogen-bond acceptors (Lipinski definition) is 4. The Balaban J connectivity index is 1.77. The van der Waals surface area contributed by atoms with Crippen LogP contribution in [-0.4, -0.2) is 31.4 Å². The molecule has 1 amide bonds. The monoisotopic (exact) mass is 511 g/mol. The van der Waals surface area contributed by atoms with Crippen molar-refractivity contribution in [3.63, 3.8) is 0 Å². The van der Waals surface area contributed by atoms with E-state index in [9.17, 15) is 19.2 Å². The van der Waals surface area contributed by atoms with E-state index in [2.05, 4.69) is 10.4 Å². The summed E-state index contributed by atoms with van der Waals surface area (Å²) in [5.74, 6) is -2.22. The van der Waals surface area contributed by atoms with Crippen LogP contribution in [-0.2, 0) is 23.2 Å². The SMILES string of the molecule is Cc1[nH]n(-c2ccccc2)c(=O)c1C1(C(F)(F)F)C(=O)Nc2c1c(=O)[nH]c(=O)n2CCc1ccccc1. The minimum Gasteiger partial charge on any atom is -0.310 e. The molecule has 3 N–H and O–H groups in total. The summed E-state index contributed by atoms with van der Waals surface area (Å²) in [4.78, 5) is 54.2. The Hall–Kier alpha value is -4.61. The second-order valence-corrected chi connectivity index (χ2v) is 8.66. The second-order valence-electron chi connectivity index (χ2n) is 8.66. The van der Waals surface area contributed by atoms with Gasteiger partial charge in [-0.15, -0.1) is 0 Å². The van der Waals surface area contributed by atoms with Crippen molar-refractivity contribution in [1.82, 2.24) is 19.3 Å². The minimum atomic E-state index is -5.41. The van der Waals surface area contributed by atoms with Crippen LogP contribution in [0.1, 0.15) is 22.4 Å². The molecular weight excluding hydrogens is 491 g/mol. The molecule has 0 spiro atoms. The maximum Gasteiger partial charge on any atom is 0.411 e. The molecule has 12 heteroatoms. The molecule has 37 heavy (non-hydrogen) atoms. The summed E-state index contributed by atoms with van der Waals surface area (Å²) in [5, 5.41) is 4.70. The lowest BCUT2D eigenvalue weighted by atomic mass is 9.75. The van der Waals surface area contributed by atoms with Gasteiger partial charge in [0.05, 0.1) is 16.8 Å². The molecule has 0 aliphatic carbocycles. The highest BCUT2D eigenvalue weighted by Gasteiger charge is 2.70. The number of alkyl halides is 3. The quantitative estimate of drug-likeness (QED) is 0.381. The third-order valence-electron chi connectivity index (χ3n) is 6.50. The van der Waals surface area contributed by atoms with E-state index in [0.29, 0.717) is 0 Å². The normalized spacial score (nSPS) is 17.0. The summed E-state index contributed by atoms with van der Waals surface area (Å²) in [6.07, 6.45) is -5.17. The summed E-state index contributed by atoms with van der Waals surface area (Å²) in [6, 6.07) is 16.7. The van der Waals surface area contributed by atoms with Gasteiger partial charge in [0, 0.05) is 12.2 Å². The molecule has 4 aromatic rings. The number of H-pyrrole nitrogens is 2. The van der Waals surface area contributed by atoms with Crippen LogP contribution in [0, 0.1) is 6.92 Å². The highest BCUT2D eigenvalue weighted by Crippen LogP contribution is 2.51. The topological polar surface area (TPSA) is 122 Å². The Morgan fingerprint density at radius 3 is 2.14 bits per heavy atom. The lowest BCUT2D eigenvalue weighted by Crippen LogP contribution is -2.54. The first-order chi connectivity index (χ1) is 17.6. The molecule has 0 radical (unpaired) electrons. The number of para-hydroxylation sites is 1. The predicted molar refractivity (Wildman–Crippen MR) is 128 cm³/mol. The largest absolute Gasteiger partial charge is 0.411 e. The number of anilines is 1. The van der Waals surface area contributed by atoms with Gasteiger partial charge in [0.25, 0.3) is 17.0 Å². The molecule has 0 bridgehead atoms. The zero-order valence-corrected chi connectivity index (χ0v) is 19.3. The summed E-state index contributed by atoms with van der Waals surface area (Å²) in [6.45, 7) is 1.09. The number of nitrogens with one attached hydrogen (secondary N) is 3. The number of hydrogen-bond donors (Lipinski definition) is 3. The standard InChI is InChI=1S/C25H20F3N5O4/c1-14-17(21(35)33(31-14)16-10-6-3-7-11-16)24(25(26,27)28)18-19(29-22(24)36)32(23(37)30-20(18)34)13-12-15-8-4-2-5-9-15/h2-11,31H,12-13H2,1H3,(H,29,36)(H,30,34,37). The van der Waals surface area contributed by atoms with Gasteiger partial charge >= 0.3 is 11.9 Å². The maximum absolute atomic E-state index is 15.0. The van der Waals surface area contributed by atoms with Gasteiger partial charge in [-0.2, -0.15) is 13.2 Å². The lowest BCUT2D eigenvalue weighted by Gasteiger charge is -2.28. The number of aromatic amines is 2. The van der Waals surface area contributed by atoms with Gasteiger partial charge in [-0.3, -0.25) is 29.0 Å². The average Bonchev–Trinajstić information content (AvgIpc) is 3.33. The molecular formula is C25H20F3N5O4. The van der Waals surface area contributed by atoms with E-state index in [0.717, 1.165) is 14.8 Å².